The Labute approximate surface area is 88.3 Å². The Morgan fingerprint density at radius 3 is 3.00 bits per heavy atom. The standard InChI is InChI=1S/C11H14N2O2/c12-9-2-3-10-8(6-9)7-13(11(10)15)4-1-5-14/h2-3,6,14H,1,4-5,7,12H2. The minimum atomic E-state index is 0.0402. The lowest BCUT2D eigenvalue weighted by molar-refractivity contribution is 0.0768. The van der Waals surface area contributed by atoms with Crippen LogP contribution in [-0.2, 0) is 6.54 Å². The lowest BCUT2D eigenvalue weighted by Gasteiger charge is -2.13. The number of nitrogens with zero attached hydrogens (tertiary/aromatic N) is 1. The fourth-order valence-corrected chi connectivity index (χ4v) is 1.84. The summed E-state index contributed by atoms with van der Waals surface area (Å²) < 4.78 is 0. The first-order valence-corrected chi connectivity index (χ1v) is 5.01. The highest BCUT2D eigenvalue weighted by Gasteiger charge is 2.26. The maximum Gasteiger partial charge on any atom is 0.254 e. The number of hydrogen-bond acceptors (Lipinski definition) is 3. The molecule has 3 N–H and O–H groups in total. The third-order valence-corrected chi connectivity index (χ3v) is 2.59. The van der Waals surface area contributed by atoms with Gasteiger partial charge in [0.15, 0.2) is 0 Å². The molecular weight excluding hydrogens is 192 g/mol. The Hall–Kier alpha value is -1.55. The number of amides is 1. The van der Waals surface area contributed by atoms with Gasteiger partial charge in [0, 0.05) is 30.9 Å². The number of benzene rings is 1. The quantitative estimate of drug-likeness (QED) is 0.712. The summed E-state index contributed by atoms with van der Waals surface area (Å²) in [5.41, 5.74) is 8.06. The van der Waals surface area contributed by atoms with E-state index in [1.807, 2.05) is 6.07 Å². The van der Waals surface area contributed by atoms with E-state index < -0.39 is 0 Å². The average Bonchev–Trinajstić information content (AvgIpc) is 2.52. The fraction of sp³-hybridized carbons (Fsp3) is 0.364. The van der Waals surface area contributed by atoms with Gasteiger partial charge in [-0.05, 0) is 30.2 Å². The van der Waals surface area contributed by atoms with Gasteiger partial charge < -0.3 is 15.7 Å². The van der Waals surface area contributed by atoms with Gasteiger partial charge in [-0.1, -0.05) is 0 Å². The van der Waals surface area contributed by atoms with Crippen LogP contribution in [0.25, 0.3) is 0 Å². The molecule has 0 fully saturated rings. The van der Waals surface area contributed by atoms with E-state index in [2.05, 4.69) is 0 Å². The molecule has 1 amide bonds. The molecule has 4 nitrogen and oxygen atoms in total. The normalized spacial score (nSPS) is 14.5. The number of rotatable bonds is 3. The van der Waals surface area contributed by atoms with Crippen molar-refractivity contribution < 1.29 is 9.90 Å². The Morgan fingerprint density at radius 2 is 2.27 bits per heavy atom. The molecule has 2 rings (SSSR count). The number of carbonyl (C=O) groups is 1. The number of anilines is 1. The van der Waals surface area contributed by atoms with Crippen molar-refractivity contribution in [3.05, 3.63) is 29.3 Å². The second kappa shape index (κ2) is 3.90. The van der Waals surface area contributed by atoms with Gasteiger partial charge >= 0.3 is 0 Å². The van der Waals surface area contributed by atoms with Crippen LogP contribution in [0.15, 0.2) is 18.2 Å². The Morgan fingerprint density at radius 1 is 1.47 bits per heavy atom. The number of nitrogen functional groups attached to an aromatic ring is 1. The molecule has 0 atom stereocenters. The summed E-state index contributed by atoms with van der Waals surface area (Å²) in [6, 6.07) is 5.35. The van der Waals surface area contributed by atoms with Crippen LogP contribution in [0.4, 0.5) is 5.69 Å². The molecule has 0 bridgehead atoms. The molecule has 1 aliphatic heterocycles. The van der Waals surface area contributed by atoms with Gasteiger partial charge in [0.1, 0.15) is 0 Å². The van der Waals surface area contributed by atoms with E-state index in [1.54, 1.807) is 17.0 Å². The summed E-state index contributed by atoms with van der Waals surface area (Å²) in [5.74, 6) is 0.0402. The van der Waals surface area contributed by atoms with Gasteiger partial charge in [0.2, 0.25) is 0 Å². The third-order valence-electron chi connectivity index (χ3n) is 2.59. The van der Waals surface area contributed by atoms with Crippen LogP contribution < -0.4 is 5.73 Å². The number of carbonyl (C=O) groups excluding carboxylic acids is 1. The van der Waals surface area contributed by atoms with Crippen molar-refractivity contribution in [3.8, 4) is 0 Å². The van der Waals surface area contributed by atoms with E-state index in [0.29, 0.717) is 25.2 Å². The largest absolute Gasteiger partial charge is 0.399 e. The minimum Gasteiger partial charge on any atom is -0.399 e. The van der Waals surface area contributed by atoms with E-state index in [1.165, 1.54) is 0 Å². The smallest absolute Gasteiger partial charge is 0.254 e. The molecule has 1 heterocycles. The molecule has 0 saturated carbocycles. The van der Waals surface area contributed by atoms with Crippen molar-refractivity contribution >= 4 is 11.6 Å². The summed E-state index contributed by atoms with van der Waals surface area (Å²) in [7, 11) is 0. The van der Waals surface area contributed by atoms with Crippen molar-refractivity contribution in [1.82, 2.24) is 4.90 Å². The molecule has 0 aromatic heterocycles. The van der Waals surface area contributed by atoms with Gasteiger partial charge in [-0.2, -0.15) is 0 Å². The lowest BCUT2D eigenvalue weighted by atomic mass is 10.1. The Kier molecular flexibility index (Phi) is 2.60. The summed E-state index contributed by atoms with van der Waals surface area (Å²) >= 11 is 0. The summed E-state index contributed by atoms with van der Waals surface area (Å²) in [5, 5.41) is 8.72. The van der Waals surface area contributed by atoms with Crippen LogP contribution in [0.2, 0.25) is 0 Å². The number of aliphatic hydroxyl groups is 1. The molecule has 0 aliphatic carbocycles. The molecule has 1 aliphatic rings. The van der Waals surface area contributed by atoms with Gasteiger partial charge in [-0.25, -0.2) is 0 Å². The topological polar surface area (TPSA) is 66.6 Å². The highest BCUT2D eigenvalue weighted by atomic mass is 16.3. The van der Waals surface area contributed by atoms with Crippen LogP contribution in [-0.4, -0.2) is 29.1 Å². The fourth-order valence-electron chi connectivity index (χ4n) is 1.84. The zero-order valence-electron chi connectivity index (χ0n) is 8.44. The molecule has 15 heavy (non-hydrogen) atoms. The molecule has 1 aromatic carbocycles. The molecule has 4 heteroatoms. The number of aliphatic hydroxyl groups excluding tert-OH is 1. The van der Waals surface area contributed by atoms with Gasteiger partial charge in [0.05, 0.1) is 0 Å². The van der Waals surface area contributed by atoms with Crippen LogP contribution >= 0.6 is 0 Å². The first-order valence-electron chi connectivity index (χ1n) is 5.01. The molecular formula is C11H14N2O2. The molecule has 0 radical (unpaired) electrons. The van der Waals surface area contributed by atoms with Crippen molar-refractivity contribution in [2.24, 2.45) is 0 Å². The SMILES string of the molecule is Nc1ccc2c(c1)CN(CCCO)C2=O. The molecule has 80 valence electrons. The second-order valence-electron chi connectivity index (χ2n) is 3.72. The predicted octanol–water partition coefficient (Wildman–Crippen LogP) is 0.607. The number of fused-ring (bicyclic) bond motifs is 1. The Bertz CT molecular complexity index is 390. The maximum absolute atomic E-state index is 11.8. The summed E-state index contributed by atoms with van der Waals surface area (Å²) in [6.07, 6.45) is 0.620. The number of nitrogens with two attached hydrogens (primary N) is 1. The highest BCUT2D eigenvalue weighted by molar-refractivity contribution is 5.98. The lowest BCUT2D eigenvalue weighted by Crippen LogP contribution is -2.25. The van der Waals surface area contributed by atoms with Crippen molar-refractivity contribution in [2.45, 2.75) is 13.0 Å². The molecule has 0 spiro atoms. The van der Waals surface area contributed by atoms with E-state index in [9.17, 15) is 4.79 Å². The zero-order valence-corrected chi connectivity index (χ0v) is 8.44. The van der Waals surface area contributed by atoms with Crippen LogP contribution in [0.3, 0.4) is 0 Å². The van der Waals surface area contributed by atoms with Crippen molar-refractivity contribution in [2.75, 3.05) is 18.9 Å². The monoisotopic (exact) mass is 206 g/mol. The van der Waals surface area contributed by atoms with Gasteiger partial charge in [-0.3, -0.25) is 4.79 Å². The summed E-state index contributed by atoms with van der Waals surface area (Å²) in [4.78, 5) is 13.6. The van der Waals surface area contributed by atoms with Crippen LogP contribution in [0.1, 0.15) is 22.3 Å². The molecule has 0 saturated heterocycles. The highest BCUT2D eigenvalue weighted by Crippen LogP contribution is 2.24. The second-order valence-corrected chi connectivity index (χ2v) is 3.72. The average molecular weight is 206 g/mol. The van der Waals surface area contributed by atoms with E-state index >= 15 is 0 Å². The van der Waals surface area contributed by atoms with E-state index in [-0.39, 0.29) is 12.5 Å². The van der Waals surface area contributed by atoms with E-state index in [0.717, 1.165) is 11.1 Å². The predicted molar refractivity (Wildman–Crippen MR) is 57.3 cm³/mol. The van der Waals surface area contributed by atoms with Crippen molar-refractivity contribution in [1.29, 1.82) is 0 Å². The van der Waals surface area contributed by atoms with Gasteiger partial charge in [-0.15, -0.1) is 0 Å². The first-order chi connectivity index (χ1) is 7.22. The van der Waals surface area contributed by atoms with Crippen molar-refractivity contribution in [3.63, 3.8) is 0 Å². The minimum absolute atomic E-state index is 0.0402. The number of hydrogen-bond donors (Lipinski definition) is 2. The van der Waals surface area contributed by atoms with Gasteiger partial charge in [0.25, 0.3) is 5.91 Å². The van der Waals surface area contributed by atoms with Crippen LogP contribution in [0, 0.1) is 0 Å². The molecule has 1 aromatic rings. The van der Waals surface area contributed by atoms with Crippen LogP contribution in [0.5, 0.6) is 0 Å². The van der Waals surface area contributed by atoms with E-state index in [4.69, 9.17) is 10.8 Å². The summed E-state index contributed by atoms with van der Waals surface area (Å²) in [6.45, 7) is 1.32. The molecule has 0 unspecified atom stereocenters. The zero-order chi connectivity index (χ0) is 10.8. The maximum atomic E-state index is 11.8. The Balaban J connectivity index is 2.18. The first kappa shape index (κ1) is 9.98. The third kappa shape index (κ3) is 1.80.